The summed E-state index contributed by atoms with van der Waals surface area (Å²) >= 11 is 0. The third-order valence-electron chi connectivity index (χ3n) is 3.25. The molecule has 0 aromatic heterocycles. The van der Waals surface area contributed by atoms with Gasteiger partial charge in [0.25, 0.3) is 0 Å². The van der Waals surface area contributed by atoms with Gasteiger partial charge in [0.1, 0.15) is 0 Å². The zero-order valence-electron chi connectivity index (χ0n) is 10.7. The molecular weight excluding hydrogens is 232 g/mol. The van der Waals surface area contributed by atoms with Crippen LogP contribution in [0.1, 0.15) is 6.92 Å². The number of nitrogens with zero attached hydrogens (tertiary/aromatic N) is 2. The van der Waals surface area contributed by atoms with Crippen molar-refractivity contribution in [2.75, 3.05) is 38.2 Å². The van der Waals surface area contributed by atoms with Crippen LogP contribution in [-0.4, -0.2) is 49.2 Å². The molecule has 1 aromatic rings. The highest BCUT2D eigenvalue weighted by molar-refractivity contribution is 5.73. The summed E-state index contributed by atoms with van der Waals surface area (Å²) in [4.78, 5) is 15.3. The highest BCUT2D eigenvalue weighted by Gasteiger charge is 2.19. The summed E-state index contributed by atoms with van der Waals surface area (Å²) in [5.74, 6) is 0.739. The number of piperazine rings is 1. The van der Waals surface area contributed by atoms with Crippen LogP contribution in [0.15, 0.2) is 18.2 Å². The first-order valence-corrected chi connectivity index (χ1v) is 5.99. The van der Waals surface area contributed by atoms with E-state index in [1.165, 1.54) is 7.11 Å². The molecular formula is C13H18N2O3. The van der Waals surface area contributed by atoms with Gasteiger partial charge in [-0.05, 0) is 12.1 Å². The first-order valence-electron chi connectivity index (χ1n) is 5.99. The molecule has 1 aromatic carbocycles. The lowest BCUT2D eigenvalue weighted by atomic mass is 10.2. The molecule has 2 rings (SSSR count). The van der Waals surface area contributed by atoms with E-state index in [2.05, 4.69) is 4.90 Å². The van der Waals surface area contributed by atoms with E-state index in [-0.39, 0.29) is 11.7 Å². The molecule has 0 aliphatic carbocycles. The first kappa shape index (κ1) is 12.5. The number of phenols is 1. The topological polar surface area (TPSA) is 53.0 Å². The molecule has 98 valence electrons. The van der Waals surface area contributed by atoms with Crippen LogP contribution in [0.25, 0.3) is 0 Å². The van der Waals surface area contributed by atoms with E-state index < -0.39 is 0 Å². The van der Waals surface area contributed by atoms with Crippen molar-refractivity contribution < 1.29 is 14.6 Å². The van der Waals surface area contributed by atoms with Crippen molar-refractivity contribution in [3.8, 4) is 11.5 Å². The van der Waals surface area contributed by atoms with Crippen LogP contribution in [0.2, 0.25) is 0 Å². The standard InChI is InChI=1S/C13H18N2O3/c1-10(16)14-5-7-15(8-6-14)11-3-4-12(17)13(9-11)18-2/h3-4,9,17H,5-8H2,1-2H3. The highest BCUT2D eigenvalue weighted by atomic mass is 16.5. The number of amides is 1. The maximum atomic E-state index is 11.2. The Labute approximate surface area is 107 Å². The van der Waals surface area contributed by atoms with E-state index in [0.29, 0.717) is 5.75 Å². The van der Waals surface area contributed by atoms with Gasteiger partial charge in [-0.2, -0.15) is 0 Å². The number of phenolic OH excluding ortho intramolecular Hbond substituents is 1. The van der Waals surface area contributed by atoms with Crippen molar-refractivity contribution in [2.24, 2.45) is 0 Å². The number of carbonyl (C=O) groups is 1. The van der Waals surface area contributed by atoms with Crippen LogP contribution in [-0.2, 0) is 4.79 Å². The molecule has 1 aliphatic rings. The van der Waals surface area contributed by atoms with E-state index in [9.17, 15) is 9.90 Å². The van der Waals surface area contributed by atoms with Crippen molar-refractivity contribution >= 4 is 11.6 Å². The van der Waals surface area contributed by atoms with E-state index in [1.54, 1.807) is 13.0 Å². The largest absolute Gasteiger partial charge is 0.504 e. The molecule has 1 saturated heterocycles. The summed E-state index contributed by atoms with van der Waals surface area (Å²) in [5.41, 5.74) is 1.01. The number of carbonyl (C=O) groups excluding carboxylic acids is 1. The maximum Gasteiger partial charge on any atom is 0.219 e. The van der Waals surface area contributed by atoms with Gasteiger partial charge in [0.2, 0.25) is 5.91 Å². The minimum atomic E-state index is 0.123. The molecule has 0 radical (unpaired) electrons. The van der Waals surface area contributed by atoms with Gasteiger partial charge >= 0.3 is 0 Å². The third-order valence-corrected chi connectivity index (χ3v) is 3.25. The number of aromatic hydroxyl groups is 1. The summed E-state index contributed by atoms with van der Waals surface area (Å²) in [7, 11) is 1.53. The number of hydrogen-bond acceptors (Lipinski definition) is 4. The van der Waals surface area contributed by atoms with Crippen LogP contribution < -0.4 is 9.64 Å². The average molecular weight is 250 g/mol. The minimum Gasteiger partial charge on any atom is -0.504 e. The lowest BCUT2D eigenvalue weighted by molar-refractivity contribution is -0.129. The van der Waals surface area contributed by atoms with Gasteiger partial charge in [-0.1, -0.05) is 0 Å². The van der Waals surface area contributed by atoms with Crippen LogP contribution in [0.4, 0.5) is 5.69 Å². The molecule has 0 saturated carbocycles. The Balaban J connectivity index is 2.07. The van der Waals surface area contributed by atoms with Crippen molar-refractivity contribution in [1.82, 2.24) is 4.90 Å². The Bertz CT molecular complexity index is 440. The summed E-state index contributed by atoms with van der Waals surface area (Å²) in [6, 6.07) is 5.31. The molecule has 1 heterocycles. The third kappa shape index (κ3) is 2.50. The molecule has 0 bridgehead atoms. The number of methoxy groups -OCH3 is 1. The van der Waals surface area contributed by atoms with Gasteiger partial charge in [-0.3, -0.25) is 4.79 Å². The van der Waals surface area contributed by atoms with Crippen molar-refractivity contribution in [3.63, 3.8) is 0 Å². The van der Waals surface area contributed by atoms with Gasteiger partial charge in [0.05, 0.1) is 7.11 Å². The zero-order chi connectivity index (χ0) is 13.1. The molecule has 5 heteroatoms. The minimum absolute atomic E-state index is 0.123. The van der Waals surface area contributed by atoms with Crippen LogP contribution in [0.3, 0.4) is 0 Å². The smallest absolute Gasteiger partial charge is 0.219 e. The monoisotopic (exact) mass is 250 g/mol. The van der Waals surface area contributed by atoms with Crippen molar-refractivity contribution in [1.29, 1.82) is 0 Å². The number of rotatable bonds is 2. The Morgan fingerprint density at radius 2 is 1.94 bits per heavy atom. The number of hydrogen-bond donors (Lipinski definition) is 1. The fourth-order valence-electron chi connectivity index (χ4n) is 2.14. The summed E-state index contributed by atoms with van der Waals surface area (Å²) in [6.07, 6.45) is 0. The summed E-state index contributed by atoms with van der Waals surface area (Å²) in [5, 5.41) is 9.55. The van der Waals surface area contributed by atoms with Crippen molar-refractivity contribution in [3.05, 3.63) is 18.2 Å². The Kier molecular flexibility index (Phi) is 3.60. The second-order valence-corrected chi connectivity index (χ2v) is 4.35. The Morgan fingerprint density at radius 3 is 2.50 bits per heavy atom. The number of ether oxygens (including phenoxy) is 1. The molecule has 1 amide bonds. The number of anilines is 1. The van der Waals surface area contributed by atoms with Crippen LogP contribution >= 0.6 is 0 Å². The second kappa shape index (κ2) is 5.16. The first-order chi connectivity index (χ1) is 8.61. The van der Waals surface area contributed by atoms with Crippen molar-refractivity contribution in [2.45, 2.75) is 6.92 Å². The molecule has 1 fully saturated rings. The molecule has 0 unspecified atom stereocenters. The molecule has 1 N–H and O–H groups in total. The normalized spacial score (nSPS) is 15.7. The predicted octanol–water partition coefficient (Wildman–Crippen LogP) is 1.07. The lowest BCUT2D eigenvalue weighted by Crippen LogP contribution is -2.48. The average Bonchev–Trinajstić information content (AvgIpc) is 2.39. The quantitative estimate of drug-likeness (QED) is 0.853. The highest BCUT2D eigenvalue weighted by Crippen LogP contribution is 2.30. The fourth-order valence-corrected chi connectivity index (χ4v) is 2.14. The lowest BCUT2D eigenvalue weighted by Gasteiger charge is -2.35. The van der Waals surface area contributed by atoms with Gasteiger partial charge in [0.15, 0.2) is 11.5 Å². The predicted molar refractivity (Wildman–Crippen MR) is 69.1 cm³/mol. The fraction of sp³-hybridized carbons (Fsp3) is 0.462. The van der Waals surface area contributed by atoms with E-state index in [1.807, 2.05) is 17.0 Å². The van der Waals surface area contributed by atoms with E-state index in [4.69, 9.17) is 4.74 Å². The Morgan fingerprint density at radius 1 is 1.28 bits per heavy atom. The SMILES string of the molecule is COc1cc(N2CCN(C(C)=O)CC2)ccc1O. The van der Waals surface area contributed by atoms with Crippen LogP contribution in [0, 0.1) is 0 Å². The molecule has 5 nitrogen and oxygen atoms in total. The molecule has 0 spiro atoms. The Hall–Kier alpha value is -1.91. The summed E-state index contributed by atoms with van der Waals surface area (Å²) in [6.45, 7) is 4.66. The summed E-state index contributed by atoms with van der Waals surface area (Å²) < 4.78 is 5.09. The zero-order valence-corrected chi connectivity index (χ0v) is 10.7. The molecule has 1 aliphatic heterocycles. The van der Waals surface area contributed by atoms with Gasteiger partial charge < -0.3 is 19.6 Å². The van der Waals surface area contributed by atoms with Gasteiger partial charge in [-0.25, -0.2) is 0 Å². The molecule has 18 heavy (non-hydrogen) atoms. The number of benzene rings is 1. The molecule has 0 atom stereocenters. The van der Waals surface area contributed by atoms with Crippen LogP contribution in [0.5, 0.6) is 11.5 Å². The maximum absolute atomic E-state index is 11.2. The second-order valence-electron chi connectivity index (χ2n) is 4.35. The van der Waals surface area contributed by atoms with Gasteiger partial charge in [-0.15, -0.1) is 0 Å². The van der Waals surface area contributed by atoms with Gasteiger partial charge in [0, 0.05) is 44.9 Å². The van der Waals surface area contributed by atoms with E-state index >= 15 is 0 Å². The van der Waals surface area contributed by atoms with E-state index in [0.717, 1.165) is 31.9 Å².